The van der Waals surface area contributed by atoms with Crippen molar-refractivity contribution in [2.24, 2.45) is 5.92 Å². The van der Waals surface area contributed by atoms with Crippen molar-refractivity contribution in [1.29, 1.82) is 0 Å². The number of rotatable bonds is 5. The van der Waals surface area contributed by atoms with E-state index in [4.69, 9.17) is 9.37 Å². The first kappa shape index (κ1) is 21.1. The lowest BCUT2D eigenvalue weighted by Crippen LogP contribution is -2.53. The summed E-state index contributed by atoms with van der Waals surface area (Å²) < 4.78 is 48.5. The van der Waals surface area contributed by atoms with E-state index in [0.29, 0.717) is 22.5 Å². The van der Waals surface area contributed by atoms with Crippen LogP contribution < -0.4 is 4.90 Å². The molecule has 3 aromatic rings. The number of aromatic nitrogens is 3. The van der Waals surface area contributed by atoms with Crippen LogP contribution in [-0.4, -0.2) is 77.4 Å². The fraction of sp³-hybridized carbons (Fsp3) is 0.476. The number of ether oxygens (including phenoxy) is 1. The molecule has 2 fully saturated rings. The van der Waals surface area contributed by atoms with E-state index in [2.05, 4.69) is 25.1 Å². The van der Waals surface area contributed by atoms with Crippen molar-refractivity contribution in [2.75, 3.05) is 50.8 Å². The van der Waals surface area contributed by atoms with Gasteiger partial charge in [0, 0.05) is 50.4 Å². The minimum Gasteiger partial charge on any atom is -0.379 e. The Labute approximate surface area is 181 Å². The van der Waals surface area contributed by atoms with Crippen LogP contribution in [-0.2, 0) is 4.74 Å². The Hall–Kier alpha value is -2.76. The van der Waals surface area contributed by atoms with Gasteiger partial charge in [-0.1, -0.05) is 6.07 Å². The molecule has 2 aliphatic heterocycles. The van der Waals surface area contributed by atoms with Crippen LogP contribution in [0.3, 0.4) is 0 Å². The van der Waals surface area contributed by atoms with Crippen molar-refractivity contribution in [3.63, 3.8) is 0 Å². The lowest BCUT2D eigenvalue weighted by Gasteiger charge is -2.43. The van der Waals surface area contributed by atoms with E-state index in [1.165, 1.54) is 18.3 Å². The van der Waals surface area contributed by atoms with Crippen LogP contribution in [0.25, 0.3) is 22.2 Å². The van der Waals surface area contributed by atoms with E-state index in [-0.39, 0.29) is 0 Å². The van der Waals surface area contributed by atoms with E-state index < -0.39 is 18.0 Å². The van der Waals surface area contributed by atoms with Gasteiger partial charge in [0.25, 0.3) is 0 Å². The van der Waals surface area contributed by atoms with E-state index in [9.17, 15) is 18.3 Å². The number of fused-ring (bicyclic) bond motifs is 1. The number of aliphatic hydroxyl groups is 1. The second-order valence-electron chi connectivity index (χ2n) is 8.23. The SMILES string of the molecule is OC(c1ccc(-c2cc(N3CC(CN4CCOCC4)C3)c3nonc3c2)cn1)C(F)(F)F. The fourth-order valence-electron chi connectivity index (χ4n) is 4.22. The van der Waals surface area contributed by atoms with Crippen molar-refractivity contribution < 1.29 is 27.6 Å². The van der Waals surface area contributed by atoms with E-state index in [0.717, 1.165) is 57.2 Å². The zero-order valence-electron chi connectivity index (χ0n) is 17.1. The molecule has 2 saturated heterocycles. The predicted octanol–water partition coefficient (Wildman–Crippen LogP) is 2.65. The number of hydrogen-bond donors (Lipinski definition) is 1. The minimum absolute atomic E-state index is 0.445. The Morgan fingerprint density at radius 2 is 1.88 bits per heavy atom. The van der Waals surface area contributed by atoms with Gasteiger partial charge in [-0.05, 0) is 34.1 Å². The van der Waals surface area contributed by atoms with Crippen molar-refractivity contribution in [3.05, 3.63) is 36.2 Å². The zero-order chi connectivity index (χ0) is 22.3. The highest BCUT2D eigenvalue weighted by Gasteiger charge is 2.40. The number of hydrogen-bond acceptors (Lipinski definition) is 8. The van der Waals surface area contributed by atoms with Gasteiger partial charge in [-0.15, -0.1) is 0 Å². The average Bonchev–Trinajstić information content (AvgIpc) is 3.24. The maximum Gasteiger partial charge on any atom is 0.420 e. The Kier molecular flexibility index (Phi) is 5.48. The molecule has 8 nitrogen and oxygen atoms in total. The van der Waals surface area contributed by atoms with Gasteiger partial charge in [-0.2, -0.15) is 13.2 Å². The van der Waals surface area contributed by atoms with Crippen LogP contribution in [0.15, 0.2) is 35.1 Å². The summed E-state index contributed by atoms with van der Waals surface area (Å²) in [5.41, 5.74) is 2.99. The molecule has 0 radical (unpaired) electrons. The highest BCUT2D eigenvalue weighted by molar-refractivity contribution is 5.93. The molecule has 1 atom stereocenters. The molecule has 0 aliphatic carbocycles. The van der Waals surface area contributed by atoms with Gasteiger partial charge >= 0.3 is 6.18 Å². The maximum absolute atomic E-state index is 12.7. The molecule has 1 N–H and O–H groups in total. The van der Waals surface area contributed by atoms with Crippen molar-refractivity contribution in [2.45, 2.75) is 12.3 Å². The quantitative estimate of drug-likeness (QED) is 0.636. The molecule has 0 amide bonds. The molecule has 0 spiro atoms. The smallest absolute Gasteiger partial charge is 0.379 e. The average molecular weight is 449 g/mol. The van der Waals surface area contributed by atoms with Gasteiger partial charge in [0.1, 0.15) is 5.52 Å². The van der Waals surface area contributed by atoms with Crippen LogP contribution in [0.2, 0.25) is 0 Å². The summed E-state index contributed by atoms with van der Waals surface area (Å²) in [6, 6.07) is 6.37. The van der Waals surface area contributed by atoms with Gasteiger partial charge in [0.05, 0.1) is 24.6 Å². The Morgan fingerprint density at radius 3 is 2.56 bits per heavy atom. The fourth-order valence-corrected chi connectivity index (χ4v) is 4.22. The molecule has 1 unspecified atom stereocenters. The zero-order valence-corrected chi connectivity index (χ0v) is 17.1. The van der Waals surface area contributed by atoms with Crippen molar-refractivity contribution >= 4 is 16.7 Å². The third kappa shape index (κ3) is 4.15. The molecule has 5 rings (SSSR count). The topological polar surface area (TPSA) is 87.8 Å². The number of pyridine rings is 1. The third-order valence-electron chi connectivity index (χ3n) is 5.97. The van der Waals surface area contributed by atoms with Gasteiger partial charge in [-0.25, -0.2) is 4.63 Å². The second-order valence-corrected chi connectivity index (χ2v) is 8.23. The third-order valence-corrected chi connectivity index (χ3v) is 5.97. The molecule has 4 heterocycles. The Morgan fingerprint density at radius 1 is 1.09 bits per heavy atom. The van der Waals surface area contributed by atoms with Gasteiger partial charge in [0.15, 0.2) is 11.6 Å². The van der Waals surface area contributed by atoms with E-state index in [1.54, 1.807) is 6.07 Å². The van der Waals surface area contributed by atoms with Crippen molar-refractivity contribution in [3.8, 4) is 11.1 Å². The lowest BCUT2D eigenvalue weighted by molar-refractivity contribution is -0.207. The molecule has 170 valence electrons. The van der Waals surface area contributed by atoms with E-state index >= 15 is 0 Å². The molecule has 2 aliphatic rings. The first-order valence-corrected chi connectivity index (χ1v) is 10.4. The monoisotopic (exact) mass is 449 g/mol. The van der Waals surface area contributed by atoms with Crippen molar-refractivity contribution in [1.82, 2.24) is 20.2 Å². The van der Waals surface area contributed by atoms with Gasteiger partial charge < -0.3 is 14.7 Å². The highest BCUT2D eigenvalue weighted by Crippen LogP contribution is 2.36. The summed E-state index contributed by atoms with van der Waals surface area (Å²) in [6.07, 6.45) is -6.05. The number of benzene rings is 1. The van der Waals surface area contributed by atoms with Crippen LogP contribution >= 0.6 is 0 Å². The van der Waals surface area contributed by atoms with Gasteiger partial charge in [-0.3, -0.25) is 9.88 Å². The molecule has 32 heavy (non-hydrogen) atoms. The molecule has 2 aromatic heterocycles. The number of alkyl halides is 3. The van der Waals surface area contributed by atoms with Crippen LogP contribution in [0, 0.1) is 5.92 Å². The number of nitrogens with zero attached hydrogens (tertiary/aromatic N) is 5. The summed E-state index contributed by atoms with van der Waals surface area (Å²) in [5, 5.41) is 17.4. The maximum atomic E-state index is 12.7. The molecule has 11 heteroatoms. The highest BCUT2D eigenvalue weighted by atomic mass is 19.4. The Balaban J connectivity index is 1.35. The summed E-state index contributed by atoms with van der Waals surface area (Å²) in [7, 11) is 0. The van der Waals surface area contributed by atoms with Crippen LogP contribution in [0.1, 0.15) is 11.8 Å². The minimum atomic E-state index is -4.76. The summed E-state index contributed by atoms with van der Waals surface area (Å²) in [4.78, 5) is 8.44. The molecule has 0 saturated carbocycles. The number of halogens is 3. The van der Waals surface area contributed by atoms with E-state index in [1.807, 2.05) is 6.07 Å². The lowest BCUT2D eigenvalue weighted by atomic mass is 9.96. The second kappa shape index (κ2) is 8.30. The molecule has 1 aromatic carbocycles. The number of anilines is 1. The largest absolute Gasteiger partial charge is 0.420 e. The molecular formula is C21H22F3N5O3. The summed E-state index contributed by atoms with van der Waals surface area (Å²) in [5.74, 6) is 0.538. The van der Waals surface area contributed by atoms with Crippen LogP contribution in [0.4, 0.5) is 18.9 Å². The Bertz CT molecular complexity index is 1080. The number of aliphatic hydroxyl groups excluding tert-OH is 1. The number of morpholine rings is 1. The standard InChI is InChI=1S/C21H22F3N5O3/c22-21(23,24)20(30)16-2-1-14(9-25-16)15-7-17-19(27-32-26-17)18(8-15)29-11-13(12-29)10-28-3-5-31-6-4-28/h1-2,7-9,13,20,30H,3-6,10-12H2. The normalized spacial score (nSPS) is 19.3. The molecule has 0 bridgehead atoms. The summed E-state index contributed by atoms with van der Waals surface area (Å²) in [6.45, 7) is 6.22. The molecular weight excluding hydrogens is 427 g/mol. The first-order valence-electron chi connectivity index (χ1n) is 10.4. The van der Waals surface area contributed by atoms with Crippen LogP contribution in [0.5, 0.6) is 0 Å². The predicted molar refractivity (Wildman–Crippen MR) is 109 cm³/mol. The first-order chi connectivity index (χ1) is 15.4. The van der Waals surface area contributed by atoms with Gasteiger partial charge in [0.2, 0.25) is 0 Å². The summed E-state index contributed by atoms with van der Waals surface area (Å²) >= 11 is 0.